The van der Waals surface area contributed by atoms with E-state index in [-0.39, 0.29) is 11.9 Å². The van der Waals surface area contributed by atoms with Gasteiger partial charge in [-0.05, 0) is 48.1 Å². The van der Waals surface area contributed by atoms with Gasteiger partial charge in [0.25, 0.3) is 5.91 Å². The maximum atomic E-state index is 12.6. The van der Waals surface area contributed by atoms with Crippen LogP contribution in [0.2, 0.25) is 0 Å². The molecule has 1 aliphatic rings. The summed E-state index contributed by atoms with van der Waals surface area (Å²) >= 11 is 0. The summed E-state index contributed by atoms with van der Waals surface area (Å²) in [6.45, 7) is 3.67. The van der Waals surface area contributed by atoms with Gasteiger partial charge in [0, 0.05) is 24.7 Å². The lowest BCUT2D eigenvalue weighted by molar-refractivity contribution is 0.0709. The van der Waals surface area contributed by atoms with Crippen LogP contribution in [-0.4, -0.2) is 29.9 Å². The Labute approximate surface area is 144 Å². The fourth-order valence-electron chi connectivity index (χ4n) is 3.33. The van der Waals surface area contributed by atoms with Crippen molar-refractivity contribution in [3.05, 3.63) is 59.7 Å². The fourth-order valence-corrected chi connectivity index (χ4v) is 3.33. The van der Waals surface area contributed by atoms with Crippen molar-refractivity contribution in [2.45, 2.75) is 38.6 Å². The quantitative estimate of drug-likeness (QED) is 0.929. The van der Waals surface area contributed by atoms with Crippen LogP contribution in [0.3, 0.4) is 0 Å². The van der Waals surface area contributed by atoms with E-state index in [1.807, 2.05) is 29.2 Å². The summed E-state index contributed by atoms with van der Waals surface area (Å²) in [5.41, 5.74) is 10.4. The van der Waals surface area contributed by atoms with Gasteiger partial charge in [-0.3, -0.25) is 4.79 Å². The minimum absolute atomic E-state index is 0.0926. The number of carbonyl (C=O) groups is 1. The number of rotatable bonds is 4. The molecule has 2 N–H and O–H groups in total. The van der Waals surface area contributed by atoms with Crippen molar-refractivity contribution in [3.8, 4) is 11.1 Å². The third kappa shape index (κ3) is 3.85. The zero-order valence-electron chi connectivity index (χ0n) is 14.4. The Morgan fingerprint density at radius 3 is 2.29 bits per heavy atom. The van der Waals surface area contributed by atoms with Crippen molar-refractivity contribution in [2.24, 2.45) is 5.73 Å². The standard InChI is InChI=1S/C21H26N2O/c1-2-4-16-6-8-17(9-7-16)18-10-12-19(13-11-18)21(24)23-14-3-5-20(22)15-23/h6-13,20H,2-5,14-15,22H2,1H3/t20-/m0/s1. The molecule has 1 fully saturated rings. The summed E-state index contributed by atoms with van der Waals surface area (Å²) in [5, 5.41) is 0. The minimum atomic E-state index is 0.0926. The van der Waals surface area contributed by atoms with Crippen molar-refractivity contribution in [1.29, 1.82) is 0 Å². The van der Waals surface area contributed by atoms with Gasteiger partial charge in [-0.1, -0.05) is 49.7 Å². The van der Waals surface area contributed by atoms with Crippen LogP contribution in [0.5, 0.6) is 0 Å². The normalized spacial score (nSPS) is 17.8. The number of hydrogen-bond acceptors (Lipinski definition) is 2. The third-order valence-electron chi connectivity index (χ3n) is 4.70. The average molecular weight is 322 g/mol. The molecule has 1 heterocycles. The Morgan fingerprint density at radius 1 is 1.08 bits per heavy atom. The first-order valence-electron chi connectivity index (χ1n) is 8.91. The summed E-state index contributed by atoms with van der Waals surface area (Å²) in [4.78, 5) is 14.5. The first-order chi connectivity index (χ1) is 11.7. The predicted octanol–water partition coefficient (Wildman–Crippen LogP) is 3.87. The molecule has 2 aromatic carbocycles. The molecule has 0 aliphatic carbocycles. The number of amides is 1. The summed E-state index contributed by atoms with van der Waals surface area (Å²) < 4.78 is 0. The molecule has 0 unspecified atom stereocenters. The van der Waals surface area contributed by atoms with E-state index in [2.05, 4.69) is 31.2 Å². The van der Waals surface area contributed by atoms with Gasteiger partial charge in [0.05, 0.1) is 0 Å². The summed E-state index contributed by atoms with van der Waals surface area (Å²) in [5.74, 6) is 0.0926. The maximum absolute atomic E-state index is 12.6. The molecule has 0 saturated carbocycles. The van der Waals surface area contributed by atoms with Crippen LogP contribution >= 0.6 is 0 Å². The fraction of sp³-hybridized carbons (Fsp3) is 0.381. The number of benzene rings is 2. The zero-order valence-corrected chi connectivity index (χ0v) is 14.4. The van der Waals surface area contributed by atoms with Crippen LogP contribution in [0.1, 0.15) is 42.1 Å². The van der Waals surface area contributed by atoms with E-state index < -0.39 is 0 Å². The molecule has 0 spiro atoms. The van der Waals surface area contributed by atoms with Crippen LogP contribution in [0.4, 0.5) is 0 Å². The van der Waals surface area contributed by atoms with E-state index >= 15 is 0 Å². The topological polar surface area (TPSA) is 46.3 Å². The van der Waals surface area contributed by atoms with E-state index in [0.29, 0.717) is 6.54 Å². The van der Waals surface area contributed by atoms with Crippen molar-refractivity contribution < 1.29 is 4.79 Å². The number of likely N-dealkylation sites (tertiary alicyclic amines) is 1. The minimum Gasteiger partial charge on any atom is -0.337 e. The molecule has 3 rings (SSSR count). The van der Waals surface area contributed by atoms with Crippen LogP contribution in [0.15, 0.2) is 48.5 Å². The van der Waals surface area contributed by atoms with Gasteiger partial charge in [0.2, 0.25) is 0 Å². The molecule has 1 amide bonds. The Balaban J connectivity index is 1.71. The van der Waals surface area contributed by atoms with Gasteiger partial charge in [-0.25, -0.2) is 0 Å². The molecule has 0 aromatic heterocycles. The summed E-state index contributed by atoms with van der Waals surface area (Å²) in [7, 11) is 0. The van der Waals surface area contributed by atoms with E-state index in [1.54, 1.807) is 0 Å². The Bertz CT molecular complexity index is 676. The van der Waals surface area contributed by atoms with Crippen LogP contribution in [0, 0.1) is 0 Å². The smallest absolute Gasteiger partial charge is 0.253 e. The first kappa shape index (κ1) is 16.7. The number of hydrogen-bond donors (Lipinski definition) is 1. The molecule has 0 bridgehead atoms. The lowest BCUT2D eigenvalue weighted by Gasteiger charge is -2.30. The SMILES string of the molecule is CCCc1ccc(-c2ccc(C(=O)N3CCC[C@H](N)C3)cc2)cc1. The highest BCUT2D eigenvalue weighted by atomic mass is 16.2. The molecule has 126 valence electrons. The van der Waals surface area contributed by atoms with Gasteiger partial charge in [-0.2, -0.15) is 0 Å². The van der Waals surface area contributed by atoms with Crippen LogP contribution < -0.4 is 5.73 Å². The average Bonchev–Trinajstić information content (AvgIpc) is 2.62. The van der Waals surface area contributed by atoms with E-state index in [4.69, 9.17) is 5.73 Å². The van der Waals surface area contributed by atoms with E-state index in [9.17, 15) is 4.79 Å². The number of nitrogens with zero attached hydrogens (tertiary/aromatic N) is 1. The lowest BCUT2D eigenvalue weighted by Crippen LogP contribution is -2.45. The van der Waals surface area contributed by atoms with Gasteiger partial charge >= 0.3 is 0 Å². The number of nitrogens with two attached hydrogens (primary N) is 1. The second-order valence-electron chi connectivity index (χ2n) is 6.68. The molecular weight excluding hydrogens is 296 g/mol. The van der Waals surface area contributed by atoms with Crippen molar-refractivity contribution in [3.63, 3.8) is 0 Å². The van der Waals surface area contributed by atoms with E-state index in [1.165, 1.54) is 11.1 Å². The molecule has 3 heteroatoms. The third-order valence-corrected chi connectivity index (χ3v) is 4.70. The molecule has 0 radical (unpaired) electrons. The Morgan fingerprint density at radius 2 is 1.71 bits per heavy atom. The highest BCUT2D eigenvalue weighted by Crippen LogP contribution is 2.22. The van der Waals surface area contributed by atoms with Crippen molar-refractivity contribution >= 4 is 5.91 Å². The molecule has 24 heavy (non-hydrogen) atoms. The second-order valence-corrected chi connectivity index (χ2v) is 6.68. The Kier molecular flexibility index (Phi) is 5.31. The Hall–Kier alpha value is -2.13. The molecule has 3 nitrogen and oxygen atoms in total. The monoisotopic (exact) mass is 322 g/mol. The van der Waals surface area contributed by atoms with Crippen molar-refractivity contribution in [1.82, 2.24) is 4.90 Å². The van der Waals surface area contributed by atoms with E-state index in [0.717, 1.165) is 43.4 Å². The zero-order chi connectivity index (χ0) is 16.9. The van der Waals surface area contributed by atoms with Gasteiger partial charge in [-0.15, -0.1) is 0 Å². The molecule has 1 aliphatic heterocycles. The maximum Gasteiger partial charge on any atom is 0.253 e. The highest BCUT2D eigenvalue weighted by Gasteiger charge is 2.22. The van der Waals surface area contributed by atoms with Gasteiger partial charge in [0.15, 0.2) is 0 Å². The molecular formula is C21H26N2O. The van der Waals surface area contributed by atoms with Crippen LogP contribution in [0.25, 0.3) is 11.1 Å². The largest absolute Gasteiger partial charge is 0.337 e. The molecule has 1 saturated heterocycles. The number of piperidine rings is 1. The summed E-state index contributed by atoms with van der Waals surface area (Å²) in [6, 6.07) is 16.7. The van der Waals surface area contributed by atoms with Gasteiger partial charge in [0.1, 0.15) is 0 Å². The number of carbonyl (C=O) groups excluding carboxylic acids is 1. The predicted molar refractivity (Wildman–Crippen MR) is 99.0 cm³/mol. The van der Waals surface area contributed by atoms with Crippen LogP contribution in [-0.2, 0) is 6.42 Å². The highest BCUT2D eigenvalue weighted by molar-refractivity contribution is 5.94. The first-order valence-corrected chi connectivity index (χ1v) is 8.91. The lowest BCUT2D eigenvalue weighted by atomic mass is 10.0. The summed E-state index contributed by atoms with van der Waals surface area (Å²) in [6.07, 6.45) is 4.29. The second kappa shape index (κ2) is 7.63. The van der Waals surface area contributed by atoms with Crippen molar-refractivity contribution in [2.75, 3.05) is 13.1 Å². The van der Waals surface area contributed by atoms with Gasteiger partial charge < -0.3 is 10.6 Å². The molecule has 2 aromatic rings. The molecule has 1 atom stereocenters. The number of aryl methyl sites for hydroxylation is 1.